The first kappa shape index (κ1) is 22.0. The first-order valence-corrected chi connectivity index (χ1v) is 14.9. The summed E-state index contributed by atoms with van der Waals surface area (Å²) in [7, 11) is -1.18. The molecule has 0 bridgehead atoms. The predicted molar refractivity (Wildman–Crippen MR) is 171 cm³/mol. The maximum absolute atomic E-state index is 2.61. The fourth-order valence-corrected chi connectivity index (χ4v) is 9.29. The lowest BCUT2D eigenvalue weighted by molar-refractivity contribution is 1.17. The molecule has 0 atom stereocenters. The van der Waals surface area contributed by atoms with Crippen molar-refractivity contribution < 1.29 is 0 Å². The van der Waals surface area contributed by atoms with Crippen LogP contribution in [0.4, 0.5) is 0 Å². The molecule has 0 radical (unpaired) electrons. The second-order valence-electron chi connectivity index (χ2n) is 10.3. The van der Waals surface area contributed by atoms with E-state index < -0.39 is 8.37 Å². The maximum Gasteiger partial charge on any atom is 0.222 e. The van der Waals surface area contributed by atoms with Gasteiger partial charge in [-0.05, 0) is 36.4 Å². The number of fused-ring (bicyclic) bond motifs is 9. The summed E-state index contributed by atoms with van der Waals surface area (Å²) in [4.78, 5) is 0. The third kappa shape index (κ3) is 2.88. The molecule has 0 fully saturated rings. The first-order valence-electron chi connectivity index (χ1n) is 13.7. The Labute approximate surface area is 232 Å². The summed E-state index contributed by atoms with van der Waals surface area (Å²) >= 11 is 0. The number of nitrogens with zero attached hydrogens (tertiary/aromatic N) is 3. The van der Waals surface area contributed by atoms with Gasteiger partial charge in [0.2, 0.25) is 8.37 Å². The number of aromatic nitrogens is 3. The molecule has 0 unspecified atom stereocenters. The van der Waals surface area contributed by atoms with Crippen LogP contribution >= 0.6 is 8.37 Å². The van der Waals surface area contributed by atoms with Crippen molar-refractivity contribution in [2.24, 2.45) is 0 Å². The zero-order valence-corrected chi connectivity index (χ0v) is 22.5. The second-order valence-corrected chi connectivity index (χ2v) is 12.0. The summed E-state index contributed by atoms with van der Waals surface area (Å²) in [6.07, 6.45) is 0. The van der Waals surface area contributed by atoms with E-state index in [1.807, 2.05) is 0 Å². The van der Waals surface area contributed by atoms with Crippen LogP contribution in [-0.2, 0) is 0 Å². The Morgan fingerprint density at radius 1 is 0.250 bits per heavy atom. The van der Waals surface area contributed by atoms with Gasteiger partial charge < -0.3 is 0 Å². The van der Waals surface area contributed by atoms with Gasteiger partial charge in [0.1, 0.15) is 0 Å². The highest BCUT2D eigenvalue weighted by molar-refractivity contribution is 7.54. The van der Waals surface area contributed by atoms with Gasteiger partial charge in [0.15, 0.2) is 0 Å². The largest absolute Gasteiger partial charge is 0.284 e. The standard InChI is InChI=1S/C36H24N3P/c1-7-19-31-25(13-1)26-14-2-8-20-32(26)37(31)40(38-33-21-9-3-15-27(33)28-16-4-10-22-34(28)38)39-35-23-11-5-17-29(35)30-18-6-12-24-36(30)39/h1-24H. The molecule has 0 saturated carbocycles. The van der Waals surface area contributed by atoms with E-state index >= 15 is 0 Å². The van der Waals surface area contributed by atoms with E-state index in [1.54, 1.807) is 0 Å². The summed E-state index contributed by atoms with van der Waals surface area (Å²) in [6, 6.07) is 53.2. The molecule has 40 heavy (non-hydrogen) atoms. The molecule has 9 aromatic rings. The number of hydrogen-bond donors (Lipinski definition) is 0. The molecule has 4 heteroatoms. The van der Waals surface area contributed by atoms with Crippen molar-refractivity contribution in [3.8, 4) is 0 Å². The Morgan fingerprint density at radius 3 is 0.625 bits per heavy atom. The van der Waals surface area contributed by atoms with Gasteiger partial charge in [-0.25, -0.2) is 0 Å². The summed E-state index contributed by atoms with van der Waals surface area (Å²) in [5.41, 5.74) is 7.49. The van der Waals surface area contributed by atoms with Crippen LogP contribution in [0.3, 0.4) is 0 Å². The molecule has 0 aliphatic rings. The normalized spacial score (nSPS) is 12.2. The number of hydrogen-bond acceptors (Lipinski definition) is 0. The van der Waals surface area contributed by atoms with Crippen molar-refractivity contribution in [2.45, 2.75) is 0 Å². The van der Waals surface area contributed by atoms with E-state index in [9.17, 15) is 0 Å². The molecule has 0 spiro atoms. The lowest BCUT2D eigenvalue weighted by atomic mass is 10.2. The molecule has 0 amide bonds. The molecule has 3 heterocycles. The minimum atomic E-state index is -1.18. The quantitative estimate of drug-likeness (QED) is 0.202. The van der Waals surface area contributed by atoms with Crippen LogP contribution in [0, 0.1) is 0 Å². The third-order valence-corrected chi connectivity index (χ3v) is 10.6. The van der Waals surface area contributed by atoms with E-state index in [1.165, 1.54) is 65.4 Å². The summed E-state index contributed by atoms with van der Waals surface area (Å²) in [6.45, 7) is 0. The van der Waals surface area contributed by atoms with Crippen LogP contribution in [0.2, 0.25) is 0 Å². The lowest BCUT2D eigenvalue weighted by Gasteiger charge is -2.27. The van der Waals surface area contributed by atoms with Gasteiger partial charge >= 0.3 is 0 Å². The molecule has 9 rings (SSSR count). The summed E-state index contributed by atoms with van der Waals surface area (Å²) in [5, 5.41) is 7.71. The first-order chi connectivity index (χ1) is 19.9. The van der Waals surface area contributed by atoms with Crippen LogP contribution in [0.25, 0.3) is 65.4 Å². The minimum absolute atomic E-state index is 1.18. The van der Waals surface area contributed by atoms with Gasteiger partial charge in [-0.1, -0.05) is 109 Å². The van der Waals surface area contributed by atoms with Crippen molar-refractivity contribution in [2.75, 3.05) is 0 Å². The van der Waals surface area contributed by atoms with E-state index in [2.05, 4.69) is 159 Å². The van der Waals surface area contributed by atoms with Gasteiger partial charge in [0.25, 0.3) is 0 Å². The van der Waals surface area contributed by atoms with Crippen LogP contribution in [0.15, 0.2) is 146 Å². The molecule has 0 saturated heterocycles. The highest BCUT2D eigenvalue weighted by atomic mass is 31.1. The molecule has 188 valence electrons. The fourth-order valence-electron chi connectivity index (χ4n) is 6.55. The summed E-state index contributed by atoms with van der Waals surface area (Å²) < 4.78 is 7.83. The van der Waals surface area contributed by atoms with Crippen molar-refractivity contribution in [1.82, 2.24) is 13.0 Å². The smallest absolute Gasteiger partial charge is 0.222 e. The van der Waals surface area contributed by atoms with E-state index in [-0.39, 0.29) is 0 Å². The molecular formula is C36H24N3P. The molecule has 0 aliphatic heterocycles. The molecule has 0 aliphatic carbocycles. The van der Waals surface area contributed by atoms with Crippen LogP contribution in [0.5, 0.6) is 0 Å². The van der Waals surface area contributed by atoms with Crippen LogP contribution in [0.1, 0.15) is 0 Å². The van der Waals surface area contributed by atoms with Gasteiger partial charge in [0.05, 0.1) is 33.1 Å². The fraction of sp³-hybridized carbons (Fsp3) is 0. The highest BCUT2D eigenvalue weighted by Crippen LogP contribution is 2.55. The minimum Gasteiger partial charge on any atom is -0.284 e. The average Bonchev–Trinajstić information content (AvgIpc) is 3.65. The topological polar surface area (TPSA) is 14.8 Å². The van der Waals surface area contributed by atoms with Crippen LogP contribution < -0.4 is 0 Å². The van der Waals surface area contributed by atoms with Crippen molar-refractivity contribution in [1.29, 1.82) is 0 Å². The van der Waals surface area contributed by atoms with E-state index in [0.717, 1.165) is 0 Å². The molecule has 3 aromatic heterocycles. The summed E-state index contributed by atoms with van der Waals surface area (Å²) in [5.74, 6) is 0. The average molecular weight is 530 g/mol. The maximum atomic E-state index is 2.61. The number of benzene rings is 6. The van der Waals surface area contributed by atoms with Gasteiger partial charge in [-0.2, -0.15) is 0 Å². The Morgan fingerprint density at radius 2 is 0.425 bits per heavy atom. The number of para-hydroxylation sites is 6. The second kappa shape index (κ2) is 8.32. The zero-order valence-electron chi connectivity index (χ0n) is 21.6. The number of rotatable bonds is 3. The van der Waals surface area contributed by atoms with Gasteiger partial charge in [-0.15, -0.1) is 0 Å². The molecular weight excluding hydrogens is 505 g/mol. The van der Waals surface area contributed by atoms with Crippen molar-refractivity contribution in [3.63, 3.8) is 0 Å². The van der Waals surface area contributed by atoms with Crippen molar-refractivity contribution in [3.05, 3.63) is 146 Å². The Kier molecular flexibility index (Phi) is 4.58. The molecule has 0 N–H and O–H groups in total. The third-order valence-electron chi connectivity index (χ3n) is 8.20. The van der Waals surface area contributed by atoms with Gasteiger partial charge in [-0.3, -0.25) is 13.0 Å². The predicted octanol–water partition coefficient (Wildman–Crippen LogP) is 10.2. The van der Waals surface area contributed by atoms with Crippen molar-refractivity contribution >= 4 is 73.8 Å². The van der Waals surface area contributed by atoms with Gasteiger partial charge in [0, 0.05) is 32.3 Å². The zero-order chi connectivity index (χ0) is 26.2. The Balaban J connectivity index is 1.56. The Bertz CT molecular complexity index is 1970. The van der Waals surface area contributed by atoms with E-state index in [0.29, 0.717) is 0 Å². The van der Waals surface area contributed by atoms with Crippen LogP contribution in [-0.4, -0.2) is 13.0 Å². The Hall–Kier alpha value is -4.85. The monoisotopic (exact) mass is 529 g/mol. The molecule has 6 aromatic carbocycles. The highest BCUT2D eigenvalue weighted by Gasteiger charge is 2.29. The lowest BCUT2D eigenvalue weighted by Crippen LogP contribution is -2.09. The molecule has 3 nitrogen and oxygen atoms in total. The van der Waals surface area contributed by atoms with E-state index in [4.69, 9.17) is 0 Å². The SMILES string of the molecule is c1ccc2c(c1)c1ccccc1n2P(n1c2ccccc2c2ccccc21)n1c2ccccc2c2ccccc21.